The molecule has 4 N–H and O–H groups in total. The zero-order chi connectivity index (χ0) is 11.6. The second-order valence-electron chi connectivity index (χ2n) is 4.55. The predicted octanol–water partition coefficient (Wildman–Crippen LogP) is 1.34. The van der Waals surface area contributed by atoms with Gasteiger partial charge < -0.3 is 16.0 Å². The summed E-state index contributed by atoms with van der Waals surface area (Å²) in [5.41, 5.74) is 5.92. The van der Waals surface area contributed by atoms with E-state index in [4.69, 9.17) is 5.73 Å². The fourth-order valence-electron chi connectivity index (χ4n) is 2.15. The molecule has 0 bridgehead atoms. The lowest BCUT2D eigenvalue weighted by atomic mass is 9.67. The maximum atomic E-state index is 11.3. The van der Waals surface area contributed by atoms with Gasteiger partial charge in [0.05, 0.1) is 6.33 Å². The lowest BCUT2D eigenvalue weighted by Gasteiger charge is -2.41. The highest BCUT2D eigenvalue weighted by Crippen LogP contribution is 2.43. The molecule has 1 aromatic heterocycles. The third kappa shape index (κ3) is 1.89. The van der Waals surface area contributed by atoms with Gasteiger partial charge in [-0.2, -0.15) is 0 Å². The molecule has 1 saturated carbocycles. The van der Waals surface area contributed by atoms with Crippen molar-refractivity contribution >= 4 is 11.5 Å². The van der Waals surface area contributed by atoms with Crippen molar-refractivity contribution in [2.75, 3.05) is 17.6 Å². The van der Waals surface area contributed by atoms with Crippen LogP contribution in [0, 0.1) is 5.41 Å². The van der Waals surface area contributed by atoms with Crippen molar-refractivity contribution in [2.24, 2.45) is 5.41 Å². The molecule has 0 aliphatic heterocycles. The third-order valence-electron chi connectivity index (χ3n) is 3.68. The van der Waals surface area contributed by atoms with Crippen molar-refractivity contribution < 1.29 is 0 Å². The number of nitrogens with two attached hydrogens (primary N) is 1. The molecule has 1 aliphatic rings. The molecule has 0 spiro atoms. The van der Waals surface area contributed by atoms with Gasteiger partial charge in [-0.15, -0.1) is 0 Å². The smallest absolute Gasteiger partial charge is 0.276 e. The van der Waals surface area contributed by atoms with Crippen LogP contribution in [-0.2, 0) is 0 Å². The Morgan fingerprint density at radius 3 is 2.94 bits per heavy atom. The first-order valence-electron chi connectivity index (χ1n) is 5.74. The van der Waals surface area contributed by atoms with Gasteiger partial charge in [-0.1, -0.05) is 13.3 Å². The molecule has 88 valence electrons. The topological polar surface area (TPSA) is 83.8 Å². The predicted molar refractivity (Wildman–Crippen MR) is 64.3 cm³/mol. The maximum absolute atomic E-state index is 11.3. The van der Waals surface area contributed by atoms with Crippen LogP contribution in [0.2, 0.25) is 0 Å². The fraction of sp³-hybridized carbons (Fsp3) is 0.636. The molecule has 1 aliphatic carbocycles. The molecule has 0 atom stereocenters. The van der Waals surface area contributed by atoms with Crippen LogP contribution in [0.25, 0.3) is 0 Å². The van der Waals surface area contributed by atoms with Gasteiger partial charge >= 0.3 is 0 Å². The quantitative estimate of drug-likeness (QED) is 0.718. The van der Waals surface area contributed by atoms with Crippen LogP contribution in [0.1, 0.15) is 32.6 Å². The van der Waals surface area contributed by atoms with Crippen molar-refractivity contribution in [3.63, 3.8) is 0 Å². The number of H-pyrrole nitrogens is 1. The van der Waals surface area contributed by atoms with E-state index in [9.17, 15) is 4.79 Å². The van der Waals surface area contributed by atoms with Crippen LogP contribution in [0.4, 0.5) is 11.5 Å². The highest BCUT2D eigenvalue weighted by atomic mass is 16.1. The Morgan fingerprint density at radius 1 is 1.62 bits per heavy atom. The standard InChI is InChI=1S/C11H18N4O/c1-2-11(4-3-5-11)6-13-9-8(12)10(16)15-7-14-9/h7H,2-6,12H2,1H3,(H2,13,14,15,16). The number of rotatable bonds is 4. The highest BCUT2D eigenvalue weighted by Gasteiger charge is 2.34. The number of nitrogens with zero attached hydrogens (tertiary/aromatic N) is 1. The van der Waals surface area contributed by atoms with E-state index >= 15 is 0 Å². The zero-order valence-electron chi connectivity index (χ0n) is 9.55. The van der Waals surface area contributed by atoms with Gasteiger partial charge in [-0.25, -0.2) is 4.98 Å². The first kappa shape index (κ1) is 11.0. The minimum atomic E-state index is -0.281. The molecular weight excluding hydrogens is 204 g/mol. The van der Waals surface area contributed by atoms with Gasteiger partial charge in [0.1, 0.15) is 5.69 Å². The van der Waals surface area contributed by atoms with E-state index in [0.29, 0.717) is 11.2 Å². The largest absolute Gasteiger partial charge is 0.391 e. The Kier molecular flexibility index (Phi) is 2.85. The molecule has 5 heteroatoms. The van der Waals surface area contributed by atoms with E-state index < -0.39 is 0 Å². The van der Waals surface area contributed by atoms with Gasteiger partial charge in [-0.05, 0) is 24.7 Å². The number of nitrogen functional groups attached to an aromatic ring is 1. The van der Waals surface area contributed by atoms with Crippen LogP contribution in [0.15, 0.2) is 11.1 Å². The van der Waals surface area contributed by atoms with Crippen LogP contribution < -0.4 is 16.6 Å². The van der Waals surface area contributed by atoms with Crippen molar-refractivity contribution in [1.29, 1.82) is 0 Å². The van der Waals surface area contributed by atoms with Crippen LogP contribution in [0.5, 0.6) is 0 Å². The number of hydrogen-bond donors (Lipinski definition) is 3. The summed E-state index contributed by atoms with van der Waals surface area (Å²) in [7, 11) is 0. The number of anilines is 2. The molecule has 0 radical (unpaired) electrons. The fourth-order valence-corrected chi connectivity index (χ4v) is 2.15. The van der Waals surface area contributed by atoms with Crippen molar-refractivity contribution in [1.82, 2.24) is 9.97 Å². The van der Waals surface area contributed by atoms with E-state index in [0.717, 1.165) is 13.0 Å². The Balaban J connectivity index is 2.04. The molecule has 0 amide bonds. The van der Waals surface area contributed by atoms with Gasteiger partial charge in [-0.3, -0.25) is 4.79 Å². The van der Waals surface area contributed by atoms with E-state index in [1.165, 1.54) is 25.6 Å². The van der Waals surface area contributed by atoms with Crippen molar-refractivity contribution in [2.45, 2.75) is 32.6 Å². The molecule has 0 unspecified atom stereocenters. The highest BCUT2D eigenvalue weighted by molar-refractivity contribution is 5.58. The summed E-state index contributed by atoms with van der Waals surface area (Å²) in [4.78, 5) is 17.7. The Bertz CT molecular complexity index is 417. The first-order valence-corrected chi connectivity index (χ1v) is 5.74. The molecule has 1 aromatic rings. The molecule has 1 fully saturated rings. The first-order chi connectivity index (χ1) is 7.67. The summed E-state index contributed by atoms with van der Waals surface area (Å²) in [6.45, 7) is 3.06. The average molecular weight is 222 g/mol. The molecule has 5 nitrogen and oxygen atoms in total. The van der Waals surface area contributed by atoms with Crippen LogP contribution in [-0.4, -0.2) is 16.5 Å². The number of aromatic nitrogens is 2. The average Bonchev–Trinajstić information content (AvgIpc) is 2.23. The maximum Gasteiger partial charge on any atom is 0.276 e. The minimum absolute atomic E-state index is 0.174. The third-order valence-corrected chi connectivity index (χ3v) is 3.68. The van der Waals surface area contributed by atoms with E-state index in [1.807, 2.05) is 0 Å². The summed E-state index contributed by atoms with van der Waals surface area (Å²) < 4.78 is 0. The van der Waals surface area contributed by atoms with Gasteiger partial charge in [0, 0.05) is 6.54 Å². The second-order valence-corrected chi connectivity index (χ2v) is 4.55. The summed E-state index contributed by atoms with van der Waals surface area (Å²) >= 11 is 0. The molecular formula is C11H18N4O. The summed E-state index contributed by atoms with van der Waals surface area (Å²) in [5.74, 6) is 0.503. The molecule has 2 rings (SSSR count). The Hall–Kier alpha value is -1.52. The molecule has 0 saturated heterocycles. The van der Waals surface area contributed by atoms with E-state index in [-0.39, 0.29) is 11.2 Å². The molecule has 1 heterocycles. The molecule has 0 aromatic carbocycles. The van der Waals surface area contributed by atoms with Crippen molar-refractivity contribution in [3.05, 3.63) is 16.7 Å². The lowest BCUT2D eigenvalue weighted by molar-refractivity contribution is 0.145. The normalized spacial score (nSPS) is 17.8. The number of hydrogen-bond acceptors (Lipinski definition) is 4. The number of nitrogens with one attached hydrogen (secondary N) is 2. The zero-order valence-corrected chi connectivity index (χ0v) is 9.55. The van der Waals surface area contributed by atoms with Crippen LogP contribution >= 0.6 is 0 Å². The van der Waals surface area contributed by atoms with E-state index in [2.05, 4.69) is 22.2 Å². The number of aromatic amines is 1. The van der Waals surface area contributed by atoms with Gasteiger partial charge in [0.25, 0.3) is 5.56 Å². The van der Waals surface area contributed by atoms with Crippen LogP contribution in [0.3, 0.4) is 0 Å². The van der Waals surface area contributed by atoms with Gasteiger partial charge in [0.2, 0.25) is 0 Å². The Labute approximate surface area is 94.5 Å². The monoisotopic (exact) mass is 222 g/mol. The Morgan fingerprint density at radius 2 is 2.38 bits per heavy atom. The van der Waals surface area contributed by atoms with Gasteiger partial charge in [0.15, 0.2) is 5.82 Å². The SMILES string of the molecule is CCC1(CNc2nc[nH]c(=O)c2N)CCC1. The van der Waals surface area contributed by atoms with Crippen molar-refractivity contribution in [3.8, 4) is 0 Å². The minimum Gasteiger partial charge on any atom is -0.391 e. The summed E-state index contributed by atoms with van der Waals surface area (Å²) in [5, 5.41) is 3.19. The second kappa shape index (κ2) is 4.15. The lowest BCUT2D eigenvalue weighted by Crippen LogP contribution is -2.36. The summed E-state index contributed by atoms with van der Waals surface area (Å²) in [6.07, 6.45) is 6.33. The summed E-state index contributed by atoms with van der Waals surface area (Å²) in [6, 6.07) is 0. The molecule has 16 heavy (non-hydrogen) atoms. The van der Waals surface area contributed by atoms with E-state index in [1.54, 1.807) is 0 Å².